The number of rotatable bonds is 4. The summed E-state index contributed by atoms with van der Waals surface area (Å²) in [4.78, 5) is 0. The van der Waals surface area contributed by atoms with Crippen molar-refractivity contribution < 1.29 is 9.84 Å². The van der Waals surface area contributed by atoms with Gasteiger partial charge in [-0.05, 0) is 33.1 Å². The molecule has 2 aromatic carbocycles. The van der Waals surface area contributed by atoms with Gasteiger partial charge in [0.25, 0.3) is 0 Å². The van der Waals surface area contributed by atoms with E-state index in [4.69, 9.17) is 9.84 Å². The van der Waals surface area contributed by atoms with Gasteiger partial charge in [-0.25, -0.2) is 0 Å². The first kappa shape index (κ1) is 12.1. The lowest BCUT2D eigenvalue weighted by Crippen LogP contribution is -1.97. The van der Waals surface area contributed by atoms with Crippen LogP contribution >= 0.6 is 15.9 Å². The minimum atomic E-state index is 0.00310. The highest BCUT2D eigenvalue weighted by molar-refractivity contribution is 9.10. The second kappa shape index (κ2) is 5.84. The zero-order valence-corrected chi connectivity index (χ0v) is 10.9. The van der Waals surface area contributed by atoms with Gasteiger partial charge in [0.1, 0.15) is 12.4 Å². The number of ether oxygens (including phenoxy) is 1. The molecule has 0 atom stereocenters. The molecule has 2 aromatic rings. The van der Waals surface area contributed by atoms with Crippen LogP contribution in [0, 0.1) is 0 Å². The van der Waals surface area contributed by atoms with Crippen molar-refractivity contribution in [2.45, 2.75) is 13.2 Å². The fourth-order valence-corrected chi connectivity index (χ4v) is 2.03. The normalized spacial score (nSPS) is 10.2. The maximum atomic E-state index is 9.14. The third-order valence-corrected chi connectivity index (χ3v) is 3.35. The van der Waals surface area contributed by atoms with Gasteiger partial charge in [0.2, 0.25) is 0 Å². The molecule has 0 saturated carbocycles. The van der Waals surface area contributed by atoms with E-state index in [1.807, 2.05) is 48.5 Å². The lowest BCUT2D eigenvalue weighted by Gasteiger charge is -2.10. The number of benzene rings is 2. The monoisotopic (exact) mass is 292 g/mol. The van der Waals surface area contributed by atoms with Gasteiger partial charge in [0.15, 0.2) is 0 Å². The molecule has 1 N–H and O–H groups in total. The molecular formula is C14H13BrO2. The highest BCUT2D eigenvalue weighted by Gasteiger charge is 2.05. The largest absolute Gasteiger partial charge is 0.488 e. The zero-order valence-electron chi connectivity index (χ0n) is 9.27. The second-order valence-corrected chi connectivity index (χ2v) is 4.45. The van der Waals surface area contributed by atoms with Crippen molar-refractivity contribution in [1.29, 1.82) is 0 Å². The molecule has 0 spiro atoms. The van der Waals surface area contributed by atoms with E-state index in [0.29, 0.717) is 6.61 Å². The standard InChI is InChI=1S/C14H13BrO2/c15-14-12(9-16)7-4-8-13(14)17-10-11-5-2-1-3-6-11/h1-8,16H,9-10H2. The Bertz CT molecular complexity index is 483. The average molecular weight is 293 g/mol. The van der Waals surface area contributed by atoms with E-state index in [-0.39, 0.29) is 6.61 Å². The van der Waals surface area contributed by atoms with E-state index in [1.54, 1.807) is 0 Å². The maximum absolute atomic E-state index is 9.14. The van der Waals surface area contributed by atoms with Crippen molar-refractivity contribution in [1.82, 2.24) is 0 Å². The van der Waals surface area contributed by atoms with Crippen LogP contribution in [-0.2, 0) is 13.2 Å². The molecule has 0 aliphatic heterocycles. The van der Waals surface area contributed by atoms with Crippen LogP contribution in [0.4, 0.5) is 0 Å². The smallest absolute Gasteiger partial charge is 0.134 e. The molecule has 0 radical (unpaired) electrons. The highest BCUT2D eigenvalue weighted by Crippen LogP contribution is 2.29. The summed E-state index contributed by atoms with van der Waals surface area (Å²) in [6.45, 7) is 0.525. The Morgan fingerprint density at radius 2 is 1.76 bits per heavy atom. The van der Waals surface area contributed by atoms with Crippen LogP contribution in [-0.4, -0.2) is 5.11 Å². The van der Waals surface area contributed by atoms with Crippen molar-refractivity contribution >= 4 is 15.9 Å². The van der Waals surface area contributed by atoms with E-state index in [1.165, 1.54) is 0 Å². The van der Waals surface area contributed by atoms with Crippen LogP contribution in [0.5, 0.6) is 5.75 Å². The molecule has 2 nitrogen and oxygen atoms in total. The van der Waals surface area contributed by atoms with Crippen LogP contribution in [0.3, 0.4) is 0 Å². The van der Waals surface area contributed by atoms with Crippen molar-refractivity contribution in [3.63, 3.8) is 0 Å². The predicted octanol–water partition coefficient (Wildman–Crippen LogP) is 3.52. The first-order valence-corrected chi connectivity index (χ1v) is 6.15. The summed E-state index contributed by atoms with van der Waals surface area (Å²) in [5, 5.41) is 9.14. The number of aliphatic hydroxyl groups excluding tert-OH is 1. The molecule has 17 heavy (non-hydrogen) atoms. The first-order chi connectivity index (χ1) is 8.31. The lowest BCUT2D eigenvalue weighted by atomic mass is 10.2. The number of aliphatic hydroxyl groups is 1. The van der Waals surface area contributed by atoms with Gasteiger partial charge in [-0.2, -0.15) is 0 Å². The SMILES string of the molecule is OCc1cccc(OCc2ccccc2)c1Br. The Kier molecular flexibility index (Phi) is 4.18. The van der Waals surface area contributed by atoms with Gasteiger partial charge in [0, 0.05) is 0 Å². The summed E-state index contributed by atoms with van der Waals surface area (Å²) < 4.78 is 6.53. The van der Waals surface area contributed by atoms with E-state index in [0.717, 1.165) is 21.3 Å². The molecule has 2 rings (SSSR count). The van der Waals surface area contributed by atoms with Crippen LogP contribution in [0.1, 0.15) is 11.1 Å². The molecular weight excluding hydrogens is 280 g/mol. The summed E-state index contributed by atoms with van der Waals surface area (Å²) in [5.41, 5.74) is 1.95. The summed E-state index contributed by atoms with van der Waals surface area (Å²) in [6.07, 6.45) is 0. The molecule has 88 valence electrons. The number of halogens is 1. The minimum Gasteiger partial charge on any atom is -0.488 e. The maximum Gasteiger partial charge on any atom is 0.134 e. The van der Waals surface area contributed by atoms with Crippen LogP contribution < -0.4 is 4.74 Å². The predicted molar refractivity (Wildman–Crippen MR) is 70.8 cm³/mol. The van der Waals surface area contributed by atoms with E-state index in [2.05, 4.69) is 15.9 Å². The lowest BCUT2D eigenvalue weighted by molar-refractivity contribution is 0.276. The van der Waals surface area contributed by atoms with E-state index < -0.39 is 0 Å². The molecule has 0 bridgehead atoms. The Balaban J connectivity index is 2.09. The third-order valence-electron chi connectivity index (χ3n) is 2.45. The fourth-order valence-electron chi connectivity index (χ4n) is 1.53. The van der Waals surface area contributed by atoms with Crippen LogP contribution in [0.15, 0.2) is 53.0 Å². The van der Waals surface area contributed by atoms with Gasteiger partial charge >= 0.3 is 0 Å². The number of hydrogen-bond acceptors (Lipinski definition) is 2. The molecule has 0 heterocycles. The molecule has 3 heteroatoms. The summed E-state index contributed by atoms with van der Waals surface area (Å²) >= 11 is 3.43. The molecule has 0 aliphatic rings. The second-order valence-electron chi connectivity index (χ2n) is 3.66. The van der Waals surface area contributed by atoms with Crippen molar-refractivity contribution in [2.75, 3.05) is 0 Å². The van der Waals surface area contributed by atoms with Gasteiger partial charge in [0.05, 0.1) is 11.1 Å². The molecule has 0 fully saturated rings. The summed E-state index contributed by atoms with van der Waals surface area (Å²) in [7, 11) is 0. The van der Waals surface area contributed by atoms with Crippen molar-refractivity contribution in [3.05, 3.63) is 64.1 Å². The molecule has 0 amide bonds. The fraction of sp³-hybridized carbons (Fsp3) is 0.143. The zero-order chi connectivity index (χ0) is 12.1. The molecule has 0 saturated heterocycles. The molecule has 0 unspecified atom stereocenters. The Morgan fingerprint density at radius 1 is 1.00 bits per heavy atom. The highest BCUT2D eigenvalue weighted by atomic mass is 79.9. The van der Waals surface area contributed by atoms with Crippen molar-refractivity contribution in [3.8, 4) is 5.75 Å². The van der Waals surface area contributed by atoms with Gasteiger partial charge in [-0.3, -0.25) is 0 Å². The minimum absolute atomic E-state index is 0.00310. The van der Waals surface area contributed by atoms with Crippen LogP contribution in [0.2, 0.25) is 0 Å². The molecule has 0 aliphatic carbocycles. The Labute approximate surface area is 109 Å². The van der Waals surface area contributed by atoms with Gasteiger partial charge in [-0.15, -0.1) is 0 Å². The third kappa shape index (κ3) is 3.08. The quantitative estimate of drug-likeness (QED) is 0.934. The van der Waals surface area contributed by atoms with Gasteiger partial charge in [-0.1, -0.05) is 42.5 Å². The molecule has 0 aromatic heterocycles. The van der Waals surface area contributed by atoms with Crippen molar-refractivity contribution in [2.24, 2.45) is 0 Å². The van der Waals surface area contributed by atoms with Crippen LogP contribution in [0.25, 0.3) is 0 Å². The Hall–Kier alpha value is -1.32. The topological polar surface area (TPSA) is 29.5 Å². The van der Waals surface area contributed by atoms with Gasteiger partial charge < -0.3 is 9.84 Å². The average Bonchev–Trinajstić information content (AvgIpc) is 2.39. The van der Waals surface area contributed by atoms with E-state index >= 15 is 0 Å². The van der Waals surface area contributed by atoms with E-state index in [9.17, 15) is 0 Å². The number of hydrogen-bond donors (Lipinski definition) is 1. The Morgan fingerprint density at radius 3 is 2.47 bits per heavy atom. The first-order valence-electron chi connectivity index (χ1n) is 5.36. The summed E-state index contributed by atoms with van der Waals surface area (Å²) in [6, 6.07) is 15.6. The summed E-state index contributed by atoms with van der Waals surface area (Å²) in [5.74, 6) is 0.750.